The largest absolute Gasteiger partial charge is 0.304 e. The standard InChI is InChI=1S/C28H20N.Ir/c1-28(2)25-10-6-5-9-22(25)23-13-12-19(17-26(23)28)27-24-14-11-18-7-3-4-8-20(18)21(24)15-16-29-27;/h3-11,13-17H,1-2H3;/q-1;. The van der Waals surface area contributed by atoms with Crippen LogP contribution in [0.2, 0.25) is 0 Å². The fraction of sp³-hybridized carbons (Fsp3) is 0.107. The Labute approximate surface area is 190 Å². The van der Waals surface area contributed by atoms with E-state index in [0.29, 0.717) is 0 Å². The van der Waals surface area contributed by atoms with E-state index in [9.17, 15) is 0 Å². The van der Waals surface area contributed by atoms with Crippen LogP contribution in [0.4, 0.5) is 0 Å². The van der Waals surface area contributed by atoms with Crippen molar-refractivity contribution >= 4 is 21.5 Å². The molecule has 1 heterocycles. The molecule has 0 aliphatic heterocycles. The number of pyridine rings is 1. The summed E-state index contributed by atoms with van der Waals surface area (Å²) in [5, 5.41) is 4.94. The van der Waals surface area contributed by atoms with E-state index in [4.69, 9.17) is 4.98 Å². The van der Waals surface area contributed by atoms with Crippen molar-refractivity contribution in [3.05, 3.63) is 102 Å². The van der Waals surface area contributed by atoms with Crippen molar-refractivity contribution in [1.82, 2.24) is 4.98 Å². The third-order valence-electron chi connectivity index (χ3n) is 6.44. The topological polar surface area (TPSA) is 12.9 Å². The van der Waals surface area contributed by atoms with Crippen LogP contribution in [0, 0.1) is 6.07 Å². The molecule has 0 saturated heterocycles. The molecule has 0 bridgehead atoms. The first kappa shape index (κ1) is 19.2. The molecule has 1 radical (unpaired) electrons. The smallest absolute Gasteiger partial charge is 0.0167 e. The Balaban J connectivity index is 0.00000193. The van der Waals surface area contributed by atoms with E-state index in [1.807, 2.05) is 6.20 Å². The summed E-state index contributed by atoms with van der Waals surface area (Å²) in [6.07, 6.45) is 1.92. The van der Waals surface area contributed by atoms with Crippen molar-refractivity contribution in [2.75, 3.05) is 0 Å². The van der Waals surface area contributed by atoms with Gasteiger partial charge in [-0.25, -0.2) is 0 Å². The zero-order valence-corrected chi connectivity index (χ0v) is 19.3. The van der Waals surface area contributed by atoms with Crippen molar-refractivity contribution in [2.45, 2.75) is 19.3 Å². The molecule has 6 rings (SSSR count). The van der Waals surface area contributed by atoms with Gasteiger partial charge in [-0.1, -0.05) is 85.6 Å². The summed E-state index contributed by atoms with van der Waals surface area (Å²) in [5.41, 5.74) is 7.40. The predicted molar refractivity (Wildman–Crippen MR) is 121 cm³/mol. The zero-order valence-electron chi connectivity index (χ0n) is 16.9. The molecule has 1 nitrogen and oxygen atoms in total. The maximum absolute atomic E-state index is 4.78. The van der Waals surface area contributed by atoms with Gasteiger partial charge in [0.2, 0.25) is 0 Å². The number of benzene rings is 4. The van der Waals surface area contributed by atoms with Crippen LogP contribution in [0.5, 0.6) is 0 Å². The average molecular weight is 563 g/mol. The van der Waals surface area contributed by atoms with Crippen molar-refractivity contribution in [1.29, 1.82) is 0 Å². The third-order valence-corrected chi connectivity index (χ3v) is 6.44. The van der Waals surface area contributed by atoms with Gasteiger partial charge in [0.1, 0.15) is 0 Å². The van der Waals surface area contributed by atoms with Gasteiger partial charge in [-0.2, -0.15) is 0 Å². The Kier molecular flexibility index (Phi) is 4.39. The fourth-order valence-corrected chi connectivity index (χ4v) is 4.93. The fourth-order valence-electron chi connectivity index (χ4n) is 4.93. The number of hydrogen-bond donors (Lipinski definition) is 0. The SMILES string of the molecule is CC1(C)c2ccccc2-c2c[c-]c(-c3nccc4c3ccc3ccccc34)cc21.[Ir]. The summed E-state index contributed by atoms with van der Waals surface area (Å²) in [6.45, 7) is 4.62. The van der Waals surface area contributed by atoms with Crippen LogP contribution in [0.15, 0.2) is 85.1 Å². The van der Waals surface area contributed by atoms with Crippen LogP contribution >= 0.6 is 0 Å². The van der Waals surface area contributed by atoms with Crippen LogP contribution in [0.25, 0.3) is 43.9 Å². The van der Waals surface area contributed by atoms with Gasteiger partial charge in [0, 0.05) is 26.3 Å². The molecule has 0 unspecified atom stereocenters. The number of hydrogen-bond acceptors (Lipinski definition) is 1. The normalized spacial score (nSPS) is 13.7. The Morgan fingerprint density at radius 1 is 0.733 bits per heavy atom. The molecule has 0 saturated carbocycles. The molecule has 1 aliphatic carbocycles. The van der Waals surface area contributed by atoms with Gasteiger partial charge in [-0.15, -0.1) is 29.3 Å². The van der Waals surface area contributed by atoms with Crippen LogP contribution in [0.3, 0.4) is 0 Å². The number of rotatable bonds is 1. The first-order chi connectivity index (χ1) is 14.1. The Bertz CT molecular complexity index is 1430. The molecule has 0 N–H and O–H groups in total. The molecule has 0 spiro atoms. The molecule has 2 heteroatoms. The summed E-state index contributed by atoms with van der Waals surface area (Å²) in [4.78, 5) is 4.78. The van der Waals surface area contributed by atoms with E-state index in [2.05, 4.69) is 98.8 Å². The first-order valence-electron chi connectivity index (χ1n) is 10.1. The minimum absolute atomic E-state index is 0. The van der Waals surface area contributed by atoms with Gasteiger partial charge in [0.25, 0.3) is 0 Å². The maximum Gasteiger partial charge on any atom is 0.0167 e. The Morgan fingerprint density at radius 3 is 2.43 bits per heavy atom. The van der Waals surface area contributed by atoms with E-state index in [-0.39, 0.29) is 25.5 Å². The molecule has 147 valence electrons. The molecule has 1 aliphatic rings. The van der Waals surface area contributed by atoms with E-state index in [0.717, 1.165) is 11.3 Å². The summed E-state index contributed by atoms with van der Waals surface area (Å²) < 4.78 is 0. The summed E-state index contributed by atoms with van der Waals surface area (Å²) in [6, 6.07) is 31.8. The van der Waals surface area contributed by atoms with Gasteiger partial charge in [0.15, 0.2) is 0 Å². The molecule has 4 aromatic carbocycles. The summed E-state index contributed by atoms with van der Waals surface area (Å²) >= 11 is 0. The zero-order chi connectivity index (χ0) is 19.6. The van der Waals surface area contributed by atoms with Crippen molar-refractivity contribution < 1.29 is 20.1 Å². The van der Waals surface area contributed by atoms with Gasteiger partial charge in [0.05, 0.1) is 0 Å². The van der Waals surface area contributed by atoms with E-state index < -0.39 is 0 Å². The van der Waals surface area contributed by atoms with Gasteiger partial charge in [-0.3, -0.25) is 0 Å². The first-order valence-corrected chi connectivity index (χ1v) is 10.1. The Hall–Kier alpha value is -2.80. The van der Waals surface area contributed by atoms with Gasteiger partial charge < -0.3 is 4.98 Å². The van der Waals surface area contributed by atoms with Crippen LogP contribution in [-0.2, 0) is 25.5 Å². The molecular formula is C28H20IrN-. The number of aromatic nitrogens is 1. The van der Waals surface area contributed by atoms with Crippen molar-refractivity contribution in [3.8, 4) is 22.4 Å². The van der Waals surface area contributed by atoms with Crippen LogP contribution < -0.4 is 0 Å². The monoisotopic (exact) mass is 563 g/mol. The third kappa shape index (κ3) is 2.61. The summed E-state index contributed by atoms with van der Waals surface area (Å²) in [7, 11) is 0. The number of fused-ring (bicyclic) bond motifs is 6. The molecule has 0 amide bonds. The van der Waals surface area contributed by atoms with E-state index in [1.165, 1.54) is 43.8 Å². The second kappa shape index (κ2) is 6.87. The van der Waals surface area contributed by atoms with Crippen LogP contribution in [0.1, 0.15) is 25.0 Å². The summed E-state index contributed by atoms with van der Waals surface area (Å²) in [5.74, 6) is 0. The van der Waals surface area contributed by atoms with E-state index in [1.54, 1.807) is 0 Å². The average Bonchev–Trinajstić information content (AvgIpc) is 3.00. The van der Waals surface area contributed by atoms with Gasteiger partial charge >= 0.3 is 0 Å². The van der Waals surface area contributed by atoms with Crippen LogP contribution in [-0.4, -0.2) is 4.98 Å². The number of nitrogens with zero attached hydrogens (tertiary/aromatic N) is 1. The predicted octanol–water partition coefficient (Wildman–Crippen LogP) is 7.16. The minimum atomic E-state index is -0.0208. The molecule has 5 aromatic rings. The Morgan fingerprint density at radius 2 is 1.53 bits per heavy atom. The van der Waals surface area contributed by atoms with Crippen molar-refractivity contribution in [2.24, 2.45) is 0 Å². The molecule has 30 heavy (non-hydrogen) atoms. The second-order valence-electron chi connectivity index (χ2n) is 8.39. The molecular weight excluding hydrogens is 543 g/mol. The van der Waals surface area contributed by atoms with Gasteiger partial charge in [-0.05, 0) is 44.3 Å². The minimum Gasteiger partial charge on any atom is -0.304 e. The van der Waals surface area contributed by atoms with Crippen molar-refractivity contribution in [3.63, 3.8) is 0 Å². The molecule has 0 atom stereocenters. The molecule has 1 aromatic heterocycles. The quantitative estimate of drug-likeness (QED) is 0.156. The van der Waals surface area contributed by atoms with E-state index >= 15 is 0 Å². The second-order valence-corrected chi connectivity index (χ2v) is 8.39. The molecule has 0 fully saturated rings. The maximum atomic E-state index is 4.78.